The van der Waals surface area contributed by atoms with Crippen LogP contribution in [-0.4, -0.2) is 34.8 Å². The van der Waals surface area contributed by atoms with Gasteiger partial charge in [0.05, 0.1) is 13.0 Å². The van der Waals surface area contributed by atoms with E-state index in [1.165, 1.54) is 16.8 Å². The molecule has 0 unspecified atom stereocenters. The van der Waals surface area contributed by atoms with Gasteiger partial charge in [-0.2, -0.15) is 5.10 Å². The van der Waals surface area contributed by atoms with Gasteiger partial charge in [0.1, 0.15) is 5.69 Å². The monoisotopic (exact) mass is 295 g/mol. The molecule has 1 aromatic heterocycles. The van der Waals surface area contributed by atoms with E-state index < -0.39 is 5.91 Å². The van der Waals surface area contributed by atoms with Gasteiger partial charge in [-0.05, 0) is 19.4 Å². The number of carbonyl (C=O) groups excluding carboxylic acids is 2. The van der Waals surface area contributed by atoms with Gasteiger partial charge in [-0.3, -0.25) is 14.4 Å². The zero-order chi connectivity index (χ0) is 15.7. The molecular formula is C14H21N3O4. The summed E-state index contributed by atoms with van der Waals surface area (Å²) in [5, 5.41) is 6.59. The van der Waals surface area contributed by atoms with E-state index in [1.807, 2.05) is 6.92 Å². The lowest BCUT2D eigenvalue weighted by atomic mass is 10.3. The van der Waals surface area contributed by atoms with Crippen LogP contribution in [-0.2, 0) is 16.1 Å². The van der Waals surface area contributed by atoms with E-state index in [4.69, 9.17) is 4.74 Å². The fraction of sp³-hybridized carbons (Fsp3) is 0.571. The molecule has 0 saturated carbocycles. The number of hydrogen-bond donors (Lipinski definition) is 1. The maximum absolute atomic E-state index is 11.9. The summed E-state index contributed by atoms with van der Waals surface area (Å²) in [6, 6.07) is 2.70. The molecule has 1 heterocycles. The highest BCUT2D eigenvalue weighted by atomic mass is 16.5. The number of nitrogens with one attached hydrogen (secondary N) is 1. The number of esters is 1. The Kier molecular flexibility index (Phi) is 7.14. The highest BCUT2D eigenvalue weighted by Crippen LogP contribution is 1.94. The second-order valence-corrected chi connectivity index (χ2v) is 4.44. The molecule has 0 fully saturated rings. The fourth-order valence-corrected chi connectivity index (χ4v) is 1.64. The molecule has 1 rings (SSSR count). The van der Waals surface area contributed by atoms with E-state index in [9.17, 15) is 14.4 Å². The largest absolute Gasteiger partial charge is 0.466 e. The zero-order valence-electron chi connectivity index (χ0n) is 12.4. The summed E-state index contributed by atoms with van der Waals surface area (Å²) in [4.78, 5) is 34.6. The molecule has 0 aromatic carbocycles. The molecule has 0 saturated heterocycles. The lowest BCUT2D eigenvalue weighted by molar-refractivity contribution is -0.142. The van der Waals surface area contributed by atoms with Crippen LogP contribution in [0.4, 0.5) is 0 Å². The Morgan fingerprint density at radius 3 is 2.76 bits per heavy atom. The lowest BCUT2D eigenvalue weighted by Gasteiger charge is -2.07. The predicted octanol–water partition coefficient (Wildman–Crippen LogP) is 0.726. The van der Waals surface area contributed by atoms with Crippen molar-refractivity contribution in [3.63, 3.8) is 0 Å². The van der Waals surface area contributed by atoms with E-state index in [2.05, 4.69) is 10.4 Å². The van der Waals surface area contributed by atoms with Gasteiger partial charge in [0.15, 0.2) is 0 Å². The van der Waals surface area contributed by atoms with Gasteiger partial charge in [-0.25, -0.2) is 4.68 Å². The minimum Gasteiger partial charge on any atom is -0.466 e. The maximum Gasteiger partial charge on any atom is 0.307 e. The van der Waals surface area contributed by atoms with Crippen molar-refractivity contribution in [2.45, 2.75) is 39.7 Å². The Hall–Kier alpha value is -2.18. The number of rotatable bonds is 8. The summed E-state index contributed by atoms with van der Waals surface area (Å²) in [6.07, 6.45) is 1.86. The summed E-state index contributed by atoms with van der Waals surface area (Å²) < 4.78 is 6.04. The molecule has 7 heteroatoms. The van der Waals surface area contributed by atoms with E-state index in [-0.39, 0.29) is 30.2 Å². The number of ether oxygens (including phenoxy) is 1. The molecular weight excluding hydrogens is 274 g/mol. The number of carbonyl (C=O) groups is 2. The average molecular weight is 295 g/mol. The van der Waals surface area contributed by atoms with E-state index in [0.717, 1.165) is 12.8 Å². The summed E-state index contributed by atoms with van der Waals surface area (Å²) in [7, 11) is 0. The second kappa shape index (κ2) is 8.89. The van der Waals surface area contributed by atoms with Gasteiger partial charge in [0, 0.05) is 19.2 Å². The van der Waals surface area contributed by atoms with Crippen LogP contribution in [0.3, 0.4) is 0 Å². The Bertz CT molecular complexity index is 539. The van der Waals surface area contributed by atoms with Gasteiger partial charge in [-0.1, -0.05) is 13.3 Å². The molecule has 0 aliphatic heterocycles. The molecule has 1 N–H and O–H groups in total. The van der Waals surface area contributed by atoms with E-state index in [1.54, 1.807) is 6.92 Å². The first-order valence-electron chi connectivity index (χ1n) is 7.10. The van der Waals surface area contributed by atoms with Crippen LogP contribution < -0.4 is 10.9 Å². The smallest absolute Gasteiger partial charge is 0.307 e. The van der Waals surface area contributed by atoms with Gasteiger partial charge in [0.2, 0.25) is 0 Å². The lowest BCUT2D eigenvalue weighted by Crippen LogP contribution is -2.31. The van der Waals surface area contributed by atoms with Gasteiger partial charge >= 0.3 is 5.97 Å². The predicted molar refractivity (Wildman–Crippen MR) is 77.0 cm³/mol. The van der Waals surface area contributed by atoms with E-state index >= 15 is 0 Å². The molecule has 7 nitrogen and oxygen atoms in total. The second-order valence-electron chi connectivity index (χ2n) is 4.44. The number of nitrogens with zero attached hydrogens (tertiary/aromatic N) is 2. The molecule has 1 amide bonds. The average Bonchev–Trinajstić information content (AvgIpc) is 2.46. The highest BCUT2D eigenvalue weighted by molar-refractivity contribution is 5.92. The molecule has 0 atom stereocenters. The van der Waals surface area contributed by atoms with Crippen molar-refractivity contribution in [1.82, 2.24) is 15.1 Å². The first-order chi connectivity index (χ1) is 10.1. The Morgan fingerprint density at radius 2 is 2.10 bits per heavy atom. The Labute approximate surface area is 123 Å². The Morgan fingerprint density at radius 1 is 1.33 bits per heavy atom. The highest BCUT2D eigenvalue weighted by Gasteiger charge is 2.10. The number of unbranched alkanes of at least 4 members (excludes halogenated alkanes) is 1. The number of aromatic nitrogens is 2. The van der Waals surface area contributed by atoms with E-state index in [0.29, 0.717) is 13.2 Å². The SMILES string of the molecule is CCCCn1nc(C(=O)NCCC(=O)OCC)ccc1=O. The Balaban J connectivity index is 2.57. The molecule has 0 aliphatic carbocycles. The number of hydrogen-bond acceptors (Lipinski definition) is 5. The van der Waals surface area contributed by atoms with Crippen LogP contribution in [0.5, 0.6) is 0 Å². The van der Waals surface area contributed by atoms with Crippen LogP contribution in [0.15, 0.2) is 16.9 Å². The van der Waals surface area contributed by atoms with Crippen LogP contribution >= 0.6 is 0 Å². The molecule has 21 heavy (non-hydrogen) atoms. The quantitative estimate of drug-likeness (QED) is 0.714. The van der Waals surface area contributed by atoms with Crippen LogP contribution in [0, 0.1) is 0 Å². The van der Waals surface area contributed by atoms with Crippen molar-refractivity contribution < 1.29 is 14.3 Å². The molecule has 0 bridgehead atoms. The van der Waals surface area contributed by atoms with Gasteiger partial charge in [-0.15, -0.1) is 0 Å². The minimum atomic E-state index is -0.412. The molecule has 0 radical (unpaired) electrons. The van der Waals surface area contributed by atoms with Crippen molar-refractivity contribution in [1.29, 1.82) is 0 Å². The first-order valence-corrected chi connectivity index (χ1v) is 7.10. The van der Waals surface area contributed by atoms with Gasteiger partial charge in [0.25, 0.3) is 11.5 Å². The summed E-state index contributed by atoms with van der Waals surface area (Å²) in [5.41, 5.74) is -0.0684. The third kappa shape index (κ3) is 5.76. The minimum absolute atomic E-state index is 0.106. The van der Waals surface area contributed by atoms with Crippen LogP contribution in [0.25, 0.3) is 0 Å². The zero-order valence-corrected chi connectivity index (χ0v) is 12.4. The van der Waals surface area contributed by atoms with Crippen molar-refractivity contribution in [3.8, 4) is 0 Å². The molecule has 0 spiro atoms. The fourth-order valence-electron chi connectivity index (χ4n) is 1.64. The molecule has 1 aromatic rings. The third-order valence-corrected chi connectivity index (χ3v) is 2.74. The number of amides is 1. The first kappa shape index (κ1) is 16.9. The topological polar surface area (TPSA) is 90.3 Å². The van der Waals surface area contributed by atoms with Crippen molar-refractivity contribution in [2.75, 3.05) is 13.2 Å². The standard InChI is InChI=1S/C14H21N3O4/c1-3-5-10-17-12(18)7-6-11(16-17)14(20)15-9-8-13(19)21-4-2/h6-7H,3-5,8-10H2,1-2H3,(H,15,20). The number of aryl methyl sites for hydroxylation is 1. The summed E-state index contributed by atoms with van der Waals surface area (Å²) in [5.74, 6) is -0.775. The van der Waals surface area contributed by atoms with Crippen molar-refractivity contribution >= 4 is 11.9 Å². The van der Waals surface area contributed by atoms with Crippen molar-refractivity contribution in [2.24, 2.45) is 0 Å². The molecule has 116 valence electrons. The van der Waals surface area contributed by atoms with Gasteiger partial charge < -0.3 is 10.1 Å². The third-order valence-electron chi connectivity index (χ3n) is 2.74. The van der Waals surface area contributed by atoms with Crippen LogP contribution in [0.2, 0.25) is 0 Å². The molecule has 0 aliphatic rings. The summed E-state index contributed by atoms with van der Waals surface area (Å²) >= 11 is 0. The van der Waals surface area contributed by atoms with Crippen LogP contribution in [0.1, 0.15) is 43.6 Å². The normalized spacial score (nSPS) is 10.2. The van der Waals surface area contributed by atoms with Crippen molar-refractivity contribution in [3.05, 3.63) is 28.2 Å². The summed E-state index contributed by atoms with van der Waals surface area (Å²) in [6.45, 7) is 4.71. The maximum atomic E-state index is 11.9.